The van der Waals surface area contributed by atoms with Crippen LogP contribution < -0.4 is 11.1 Å². The molecule has 0 amide bonds. The first kappa shape index (κ1) is 12.9. The summed E-state index contributed by atoms with van der Waals surface area (Å²) in [7, 11) is 1.88. The predicted octanol–water partition coefficient (Wildman–Crippen LogP) is 1.62. The highest BCUT2D eigenvalue weighted by molar-refractivity contribution is 5.94. The van der Waals surface area contributed by atoms with Gasteiger partial charge in [-0.1, -0.05) is 0 Å². The minimum Gasteiger partial charge on any atom is -0.478 e. The molecule has 19 heavy (non-hydrogen) atoms. The molecule has 0 saturated carbocycles. The Morgan fingerprint density at radius 2 is 2.26 bits per heavy atom. The zero-order valence-corrected chi connectivity index (χ0v) is 10.8. The summed E-state index contributed by atoms with van der Waals surface area (Å²) in [6.07, 6.45) is 1.79. The van der Waals surface area contributed by atoms with Crippen LogP contribution in [0.1, 0.15) is 21.6 Å². The lowest BCUT2D eigenvalue weighted by Gasteiger charge is -2.08. The highest BCUT2D eigenvalue weighted by Gasteiger charge is 2.09. The first-order valence-electron chi connectivity index (χ1n) is 5.83. The summed E-state index contributed by atoms with van der Waals surface area (Å²) in [5, 5.41) is 16.3. The maximum absolute atomic E-state index is 11.0. The number of carbonyl (C=O) groups is 1. The first-order valence-corrected chi connectivity index (χ1v) is 5.83. The average Bonchev–Trinajstić information content (AvgIpc) is 2.69. The Bertz CT molecular complexity index is 619. The largest absolute Gasteiger partial charge is 0.478 e. The third-order valence-corrected chi connectivity index (χ3v) is 3.10. The van der Waals surface area contributed by atoms with E-state index >= 15 is 0 Å². The molecule has 0 fully saturated rings. The van der Waals surface area contributed by atoms with Gasteiger partial charge in [0, 0.05) is 36.2 Å². The van der Waals surface area contributed by atoms with Crippen LogP contribution in [-0.4, -0.2) is 20.9 Å². The third kappa shape index (κ3) is 2.67. The summed E-state index contributed by atoms with van der Waals surface area (Å²) < 4.78 is 1.79. The number of nitrogens with zero attached hydrogens (tertiary/aromatic N) is 2. The maximum Gasteiger partial charge on any atom is 0.337 e. The molecule has 1 aromatic heterocycles. The summed E-state index contributed by atoms with van der Waals surface area (Å²) in [5.74, 6) is -1.03. The van der Waals surface area contributed by atoms with Crippen molar-refractivity contribution in [3.05, 3.63) is 41.2 Å². The van der Waals surface area contributed by atoms with Gasteiger partial charge in [0.1, 0.15) is 0 Å². The minimum atomic E-state index is -1.03. The van der Waals surface area contributed by atoms with E-state index in [2.05, 4.69) is 10.4 Å². The SMILES string of the molecule is Cc1c(CNc2ccc(N)c(C(=O)O)c2)cnn1C. The van der Waals surface area contributed by atoms with Gasteiger partial charge in [0.05, 0.1) is 11.8 Å². The van der Waals surface area contributed by atoms with Crippen LogP contribution in [0.3, 0.4) is 0 Å². The molecule has 0 spiro atoms. The number of benzene rings is 1. The molecule has 1 heterocycles. The number of aromatic carboxylic acids is 1. The lowest BCUT2D eigenvalue weighted by atomic mass is 10.1. The van der Waals surface area contributed by atoms with E-state index in [9.17, 15) is 4.79 Å². The number of carboxylic acid groups (broad SMARTS) is 1. The number of hydrogen-bond donors (Lipinski definition) is 3. The van der Waals surface area contributed by atoms with Crippen LogP contribution in [-0.2, 0) is 13.6 Å². The van der Waals surface area contributed by atoms with E-state index in [1.54, 1.807) is 23.0 Å². The number of hydrogen-bond acceptors (Lipinski definition) is 4. The van der Waals surface area contributed by atoms with Crippen LogP contribution in [0.2, 0.25) is 0 Å². The van der Waals surface area contributed by atoms with Gasteiger partial charge in [-0.15, -0.1) is 0 Å². The first-order chi connectivity index (χ1) is 8.99. The molecule has 0 aliphatic heterocycles. The number of carboxylic acids is 1. The molecule has 0 radical (unpaired) electrons. The molecule has 2 aromatic rings. The van der Waals surface area contributed by atoms with Gasteiger partial charge in [-0.3, -0.25) is 4.68 Å². The molecule has 0 atom stereocenters. The Labute approximate surface area is 110 Å². The monoisotopic (exact) mass is 260 g/mol. The number of aryl methyl sites for hydroxylation is 1. The predicted molar refractivity (Wildman–Crippen MR) is 73.1 cm³/mol. The third-order valence-electron chi connectivity index (χ3n) is 3.10. The molecule has 6 nitrogen and oxygen atoms in total. The summed E-state index contributed by atoms with van der Waals surface area (Å²) in [6, 6.07) is 4.87. The summed E-state index contributed by atoms with van der Waals surface area (Å²) in [6.45, 7) is 2.57. The number of nitrogens with two attached hydrogens (primary N) is 1. The molecule has 0 aliphatic carbocycles. The molecule has 1 aromatic carbocycles. The fourth-order valence-corrected chi connectivity index (χ4v) is 1.77. The molecular weight excluding hydrogens is 244 g/mol. The fraction of sp³-hybridized carbons (Fsp3) is 0.231. The smallest absolute Gasteiger partial charge is 0.337 e. The number of rotatable bonds is 4. The van der Waals surface area contributed by atoms with Gasteiger partial charge in [0.15, 0.2) is 0 Å². The van der Waals surface area contributed by atoms with Crippen molar-refractivity contribution in [2.45, 2.75) is 13.5 Å². The second kappa shape index (κ2) is 5.01. The molecule has 4 N–H and O–H groups in total. The van der Waals surface area contributed by atoms with Crippen LogP contribution >= 0.6 is 0 Å². The van der Waals surface area contributed by atoms with Gasteiger partial charge in [-0.25, -0.2) is 4.79 Å². The van der Waals surface area contributed by atoms with Gasteiger partial charge in [-0.2, -0.15) is 5.10 Å². The molecule has 0 saturated heterocycles. The highest BCUT2D eigenvalue weighted by atomic mass is 16.4. The zero-order chi connectivity index (χ0) is 14.0. The van der Waals surface area contributed by atoms with E-state index in [1.807, 2.05) is 14.0 Å². The lowest BCUT2D eigenvalue weighted by Crippen LogP contribution is -2.05. The number of nitrogens with one attached hydrogen (secondary N) is 1. The molecule has 100 valence electrons. The Hall–Kier alpha value is -2.50. The molecule has 0 bridgehead atoms. The van der Waals surface area contributed by atoms with E-state index in [0.29, 0.717) is 6.54 Å². The van der Waals surface area contributed by atoms with Gasteiger partial charge in [-0.05, 0) is 25.1 Å². The highest BCUT2D eigenvalue weighted by Crippen LogP contribution is 2.19. The Morgan fingerprint density at radius 3 is 2.84 bits per heavy atom. The van der Waals surface area contributed by atoms with Crippen LogP contribution in [0, 0.1) is 6.92 Å². The van der Waals surface area contributed by atoms with Crippen LogP contribution in [0.4, 0.5) is 11.4 Å². The van der Waals surface area contributed by atoms with E-state index in [4.69, 9.17) is 10.8 Å². The van der Waals surface area contributed by atoms with Crippen molar-refractivity contribution in [3.8, 4) is 0 Å². The number of anilines is 2. The van der Waals surface area contributed by atoms with Crippen molar-refractivity contribution in [1.82, 2.24) is 9.78 Å². The van der Waals surface area contributed by atoms with Gasteiger partial charge >= 0.3 is 5.97 Å². The van der Waals surface area contributed by atoms with Gasteiger partial charge in [0.2, 0.25) is 0 Å². The quantitative estimate of drug-likeness (QED) is 0.726. The van der Waals surface area contributed by atoms with Crippen LogP contribution in [0.5, 0.6) is 0 Å². The summed E-state index contributed by atoms with van der Waals surface area (Å²) in [5.41, 5.74) is 8.82. The summed E-state index contributed by atoms with van der Waals surface area (Å²) in [4.78, 5) is 11.0. The number of nitrogen functional groups attached to an aromatic ring is 1. The molecule has 6 heteroatoms. The van der Waals surface area contributed by atoms with Gasteiger partial charge in [0.25, 0.3) is 0 Å². The van der Waals surface area contributed by atoms with Crippen molar-refractivity contribution in [2.24, 2.45) is 7.05 Å². The lowest BCUT2D eigenvalue weighted by molar-refractivity contribution is 0.0698. The molecule has 2 rings (SSSR count). The second-order valence-corrected chi connectivity index (χ2v) is 4.34. The Morgan fingerprint density at radius 1 is 1.53 bits per heavy atom. The van der Waals surface area contributed by atoms with E-state index < -0.39 is 5.97 Å². The van der Waals surface area contributed by atoms with Crippen molar-refractivity contribution in [1.29, 1.82) is 0 Å². The molecule has 0 aliphatic rings. The maximum atomic E-state index is 11.0. The van der Waals surface area contributed by atoms with Gasteiger partial charge < -0.3 is 16.2 Å². The Kier molecular flexibility index (Phi) is 3.41. The zero-order valence-electron chi connectivity index (χ0n) is 10.8. The molecule has 0 unspecified atom stereocenters. The van der Waals surface area contributed by atoms with Crippen molar-refractivity contribution >= 4 is 17.3 Å². The van der Waals surface area contributed by atoms with Crippen molar-refractivity contribution < 1.29 is 9.90 Å². The summed E-state index contributed by atoms with van der Waals surface area (Å²) >= 11 is 0. The van der Waals surface area contributed by atoms with Crippen molar-refractivity contribution in [2.75, 3.05) is 11.1 Å². The second-order valence-electron chi connectivity index (χ2n) is 4.34. The minimum absolute atomic E-state index is 0.105. The van der Waals surface area contributed by atoms with E-state index in [-0.39, 0.29) is 11.3 Å². The molecular formula is C13H16N4O2. The number of aromatic nitrogens is 2. The fourth-order valence-electron chi connectivity index (χ4n) is 1.77. The van der Waals surface area contributed by atoms with E-state index in [0.717, 1.165) is 16.9 Å². The normalized spacial score (nSPS) is 10.4. The van der Waals surface area contributed by atoms with Crippen LogP contribution in [0.25, 0.3) is 0 Å². The Balaban J connectivity index is 2.14. The van der Waals surface area contributed by atoms with E-state index in [1.165, 1.54) is 6.07 Å². The van der Waals surface area contributed by atoms with Crippen molar-refractivity contribution in [3.63, 3.8) is 0 Å². The average molecular weight is 260 g/mol. The van der Waals surface area contributed by atoms with Crippen LogP contribution in [0.15, 0.2) is 24.4 Å². The topological polar surface area (TPSA) is 93.2 Å². The standard InChI is InChI=1S/C13H16N4O2/c1-8-9(7-16-17(8)2)6-15-10-3-4-12(14)11(5-10)13(18)19/h3-5,7,15H,6,14H2,1-2H3,(H,18,19).